The summed E-state index contributed by atoms with van der Waals surface area (Å²) in [5.74, 6) is 1.10. The van der Waals surface area contributed by atoms with Gasteiger partial charge in [-0.3, -0.25) is 4.79 Å². The molecule has 0 aromatic carbocycles. The second kappa shape index (κ2) is 7.69. The smallest absolute Gasteiger partial charge is 0.236 e. The van der Waals surface area contributed by atoms with Crippen LogP contribution in [-0.4, -0.2) is 18.5 Å². The predicted molar refractivity (Wildman–Crippen MR) is 64.5 cm³/mol. The van der Waals surface area contributed by atoms with E-state index in [-0.39, 0.29) is 11.9 Å². The van der Waals surface area contributed by atoms with Crippen LogP contribution in [-0.2, 0) is 4.79 Å². The zero-order chi connectivity index (χ0) is 11.8. The number of carbonyl (C=O) groups excluding carboxylic acids is 1. The van der Waals surface area contributed by atoms with E-state index < -0.39 is 0 Å². The van der Waals surface area contributed by atoms with Gasteiger partial charge in [-0.05, 0) is 18.3 Å². The van der Waals surface area contributed by atoms with E-state index >= 15 is 0 Å². The summed E-state index contributed by atoms with van der Waals surface area (Å²) in [7, 11) is 0. The van der Waals surface area contributed by atoms with Crippen LogP contribution < -0.4 is 11.1 Å². The van der Waals surface area contributed by atoms with Crippen molar-refractivity contribution in [2.24, 2.45) is 17.6 Å². The lowest BCUT2D eigenvalue weighted by molar-refractivity contribution is -0.122. The zero-order valence-corrected chi connectivity index (χ0v) is 10.5. The Balaban J connectivity index is 3.73. The fourth-order valence-electron chi connectivity index (χ4n) is 1.18. The van der Waals surface area contributed by atoms with E-state index in [0.29, 0.717) is 11.8 Å². The molecule has 0 rings (SSSR count). The molecule has 0 radical (unpaired) electrons. The summed E-state index contributed by atoms with van der Waals surface area (Å²) in [4.78, 5) is 11.5. The van der Waals surface area contributed by atoms with Gasteiger partial charge in [0.2, 0.25) is 5.91 Å². The van der Waals surface area contributed by atoms with Crippen LogP contribution in [0.1, 0.15) is 47.0 Å². The molecule has 0 heterocycles. The van der Waals surface area contributed by atoms with E-state index in [0.717, 1.165) is 25.8 Å². The molecular formula is C12H26N2O. The van der Waals surface area contributed by atoms with E-state index in [1.165, 1.54) is 0 Å². The summed E-state index contributed by atoms with van der Waals surface area (Å²) < 4.78 is 0. The van der Waals surface area contributed by atoms with Crippen molar-refractivity contribution in [1.29, 1.82) is 0 Å². The highest BCUT2D eigenvalue weighted by Crippen LogP contribution is 2.07. The van der Waals surface area contributed by atoms with Crippen molar-refractivity contribution < 1.29 is 4.79 Å². The molecule has 1 unspecified atom stereocenters. The second-order valence-electron chi connectivity index (χ2n) is 4.72. The number of carbonyl (C=O) groups is 1. The van der Waals surface area contributed by atoms with Gasteiger partial charge in [-0.15, -0.1) is 0 Å². The Morgan fingerprint density at radius 3 is 2.40 bits per heavy atom. The second-order valence-corrected chi connectivity index (χ2v) is 4.72. The molecule has 0 fully saturated rings. The predicted octanol–water partition coefficient (Wildman–Crippen LogP) is 1.91. The maximum absolute atomic E-state index is 11.5. The minimum absolute atomic E-state index is 0.00375. The molecule has 0 aliphatic rings. The van der Waals surface area contributed by atoms with Gasteiger partial charge in [-0.25, -0.2) is 0 Å². The number of rotatable bonds is 7. The van der Waals surface area contributed by atoms with Crippen LogP contribution >= 0.6 is 0 Å². The quantitative estimate of drug-likeness (QED) is 0.680. The Morgan fingerprint density at radius 1 is 1.33 bits per heavy atom. The molecule has 0 bridgehead atoms. The van der Waals surface area contributed by atoms with E-state index in [1.807, 2.05) is 0 Å². The van der Waals surface area contributed by atoms with Gasteiger partial charge in [0.05, 0.1) is 6.04 Å². The van der Waals surface area contributed by atoms with Crippen molar-refractivity contribution in [3.63, 3.8) is 0 Å². The van der Waals surface area contributed by atoms with Crippen molar-refractivity contribution in [2.45, 2.75) is 53.0 Å². The Hall–Kier alpha value is -0.570. The Kier molecular flexibility index (Phi) is 7.39. The van der Waals surface area contributed by atoms with Gasteiger partial charge in [-0.2, -0.15) is 0 Å². The molecule has 3 nitrogen and oxygen atoms in total. The number of nitrogens with one attached hydrogen (secondary N) is 1. The topological polar surface area (TPSA) is 55.1 Å². The van der Waals surface area contributed by atoms with Gasteiger partial charge in [0.15, 0.2) is 0 Å². The van der Waals surface area contributed by atoms with E-state index in [4.69, 9.17) is 5.73 Å². The van der Waals surface area contributed by atoms with Gasteiger partial charge in [-0.1, -0.05) is 40.5 Å². The summed E-state index contributed by atoms with van der Waals surface area (Å²) in [6.45, 7) is 9.30. The first-order valence-corrected chi connectivity index (χ1v) is 6.02. The fourth-order valence-corrected chi connectivity index (χ4v) is 1.18. The molecule has 0 aromatic heterocycles. The highest BCUT2D eigenvalue weighted by molar-refractivity contribution is 5.81. The third kappa shape index (κ3) is 6.50. The van der Waals surface area contributed by atoms with Gasteiger partial charge in [0.25, 0.3) is 0 Å². The van der Waals surface area contributed by atoms with Gasteiger partial charge in [0.1, 0.15) is 0 Å². The highest BCUT2D eigenvalue weighted by atomic mass is 16.2. The standard InChI is InChI=1S/C12H26N2O/c1-5-6-7-11(13)12(15)14-8-10(4)9(2)3/h9-11H,5-8,13H2,1-4H3,(H,14,15)/t10?,11-/m0/s1. The molecule has 0 saturated carbocycles. The average Bonchev–Trinajstić information content (AvgIpc) is 2.21. The summed E-state index contributed by atoms with van der Waals surface area (Å²) in [5.41, 5.74) is 5.75. The van der Waals surface area contributed by atoms with Crippen LogP contribution in [0.2, 0.25) is 0 Å². The zero-order valence-electron chi connectivity index (χ0n) is 10.5. The first-order chi connectivity index (χ1) is 6.99. The van der Waals surface area contributed by atoms with Crippen molar-refractivity contribution in [3.8, 4) is 0 Å². The maximum atomic E-state index is 11.5. The number of amides is 1. The molecule has 0 aliphatic carbocycles. The number of hydrogen-bond donors (Lipinski definition) is 2. The van der Waals surface area contributed by atoms with Crippen LogP contribution in [0.4, 0.5) is 0 Å². The van der Waals surface area contributed by atoms with E-state index in [1.54, 1.807) is 0 Å². The van der Waals surface area contributed by atoms with Crippen LogP contribution in [0.15, 0.2) is 0 Å². The first kappa shape index (κ1) is 14.4. The van der Waals surface area contributed by atoms with Gasteiger partial charge >= 0.3 is 0 Å². The summed E-state index contributed by atoms with van der Waals surface area (Å²) in [5, 5.41) is 2.91. The van der Waals surface area contributed by atoms with Crippen molar-refractivity contribution in [1.82, 2.24) is 5.32 Å². The van der Waals surface area contributed by atoms with Crippen LogP contribution in [0.3, 0.4) is 0 Å². The highest BCUT2D eigenvalue weighted by Gasteiger charge is 2.14. The third-order valence-corrected chi connectivity index (χ3v) is 2.94. The lowest BCUT2D eigenvalue weighted by atomic mass is 9.98. The lowest BCUT2D eigenvalue weighted by Crippen LogP contribution is -2.42. The molecule has 15 heavy (non-hydrogen) atoms. The molecule has 2 atom stereocenters. The average molecular weight is 214 g/mol. The summed E-state index contributed by atoms with van der Waals surface area (Å²) in [6, 6.07) is -0.329. The molecule has 1 amide bonds. The SMILES string of the molecule is CCCC[C@H](N)C(=O)NCC(C)C(C)C. The Labute approximate surface area is 93.8 Å². The molecule has 3 heteroatoms. The van der Waals surface area contributed by atoms with Crippen LogP contribution in [0.5, 0.6) is 0 Å². The lowest BCUT2D eigenvalue weighted by Gasteiger charge is -2.18. The number of hydrogen-bond acceptors (Lipinski definition) is 2. The molecule has 0 aromatic rings. The van der Waals surface area contributed by atoms with E-state index in [9.17, 15) is 4.79 Å². The van der Waals surface area contributed by atoms with Crippen LogP contribution in [0.25, 0.3) is 0 Å². The van der Waals surface area contributed by atoms with E-state index in [2.05, 4.69) is 33.0 Å². The minimum Gasteiger partial charge on any atom is -0.354 e. The molecule has 0 saturated heterocycles. The molecule has 0 aliphatic heterocycles. The Morgan fingerprint density at radius 2 is 1.93 bits per heavy atom. The summed E-state index contributed by atoms with van der Waals surface area (Å²) in [6.07, 6.45) is 2.90. The monoisotopic (exact) mass is 214 g/mol. The fraction of sp³-hybridized carbons (Fsp3) is 0.917. The first-order valence-electron chi connectivity index (χ1n) is 6.02. The number of nitrogens with two attached hydrogens (primary N) is 1. The molecule has 0 spiro atoms. The van der Waals surface area contributed by atoms with Crippen molar-refractivity contribution >= 4 is 5.91 Å². The number of unbranched alkanes of at least 4 members (excludes halogenated alkanes) is 1. The van der Waals surface area contributed by atoms with Crippen LogP contribution in [0, 0.1) is 11.8 Å². The van der Waals surface area contributed by atoms with Gasteiger partial charge in [0, 0.05) is 6.54 Å². The van der Waals surface area contributed by atoms with Crippen molar-refractivity contribution in [3.05, 3.63) is 0 Å². The molecule has 90 valence electrons. The van der Waals surface area contributed by atoms with Crippen molar-refractivity contribution in [2.75, 3.05) is 6.54 Å². The maximum Gasteiger partial charge on any atom is 0.236 e. The summed E-state index contributed by atoms with van der Waals surface area (Å²) >= 11 is 0. The minimum atomic E-state index is -0.329. The normalized spacial score (nSPS) is 15.1. The molecule has 3 N–H and O–H groups in total. The van der Waals surface area contributed by atoms with Gasteiger partial charge < -0.3 is 11.1 Å². The largest absolute Gasteiger partial charge is 0.354 e. The molecular weight excluding hydrogens is 188 g/mol. The third-order valence-electron chi connectivity index (χ3n) is 2.94. The Bertz CT molecular complexity index is 180.